The fraction of sp³-hybridized carbons (Fsp3) is 0.724. The highest BCUT2D eigenvalue weighted by molar-refractivity contribution is 6.74. The van der Waals surface area contributed by atoms with E-state index in [1.54, 1.807) is 6.20 Å². The van der Waals surface area contributed by atoms with Crippen LogP contribution in [0.1, 0.15) is 70.8 Å². The van der Waals surface area contributed by atoms with Gasteiger partial charge in [0.25, 0.3) is 11.8 Å². The molecule has 2 aliphatic heterocycles. The predicted molar refractivity (Wildman–Crippen MR) is 153 cm³/mol. The molecule has 7 nitrogen and oxygen atoms in total. The molecule has 0 aromatic carbocycles. The summed E-state index contributed by atoms with van der Waals surface area (Å²) in [6.45, 7) is 18.5. The van der Waals surface area contributed by atoms with Gasteiger partial charge in [-0.25, -0.2) is 13.8 Å². The SMILES string of the molecule is CC(C)N1CCC(Oc2cnc3c(c2)cc(C(=O)N2CCC(F)(F)CC2)n3CCO[Si](C)(C)C(C)(C)C)CC1. The second-order valence-corrected chi connectivity index (χ2v) is 17.8. The molecule has 0 atom stereocenters. The first kappa shape index (κ1) is 29.9. The molecule has 0 unspecified atom stereocenters. The number of amides is 1. The Bertz CT molecular complexity index is 1140. The van der Waals surface area contributed by atoms with Crippen molar-refractivity contribution < 1.29 is 22.7 Å². The summed E-state index contributed by atoms with van der Waals surface area (Å²) in [7, 11) is -1.98. The zero-order valence-electron chi connectivity index (χ0n) is 24.7. The Labute approximate surface area is 233 Å². The molecular formula is C29H46F2N4O3Si. The maximum absolute atomic E-state index is 13.8. The number of halogens is 2. The van der Waals surface area contributed by atoms with Gasteiger partial charge < -0.3 is 23.5 Å². The molecule has 1 amide bonds. The van der Waals surface area contributed by atoms with Gasteiger partial charge in [-0.2, -0.15) is 0 Å². The molecule has 10 heteroatoms. The summed E-state index contributed by atoms with van der Waals surface area (Å²) in [4.78, 5) is 22.3. The van der Waals surface area contributed by atoms with Crippen molar-refractivity contribution in [2.45, 2.75) is 103 Å². The van der Waals surface area contributed by atoms with Crippen molar-refractivity contribution >= 4 is 25.3 Å². The number of piperidine rings is 2. The Balaban J connectivity index is 1.56. The largest absolute Gasteiger partial charge is 0.489 e. The molecule has 2 aromatic rings. The van der Waals surface area contributed by atoms with Gasteiger partial charge in [0.2, 0.25) is 0 Å². The fourth-order valence-electron chi connectivity index (χ4n) is 5.10. The third kappa shape index (κ3) is 7.00. The summed E-state index contributed by atoms with van der Waals surface area (Å²) in [5.41, 5.74) is 1.14. The lowest BCUT2D eigenvalue weighted by molar-refractivity contribution is -0.0495. The first-order valence-corrected chi connectivity index (χ1v) is 17.3. The average Bonchev–Trinajstić information content (AvgIpc) is 3.21. The molecule has 4 rings (SSSR count). The highest BCUT2D eigenvalue weighted by atomic mass is 28.4. The zero-order valence-corrected chi connectivity index (χ0v) is 25.7. The number of pyridine rings is 1. The Hall–Kier alpha value is -2.04. The Morgan fingerprint density at radius 3 is 2.36 bits per heavy atom. The van der Waals surface area contributed by atoms with Gasteiger partial charge in [0.15, 0.2) is 8.32 Å². The summed E-state index contributed by atoms with van der Waals surface area (Å²) in [5.74, 6) is -2.25. The van der Waals surface area contributed by atoms with Gasteiger partial charge in [-0.3, -0.25) is 4.79 Å². The summed E-state index contributed by atoms with van der Waals surface area (Å²) < 4.78 is 42.2. The van der Waals surface area contributed by atoms with E-state index < -0.39 is 14.2 Å². The summed E-state index contributed by atoms with van der Waals surface area (Å²) >= 11 is 0. The Kier molecular flexibility index (Phi) is 8.78. The van der Waals surface area contributed by atoms with E-state index in [0.29, 0.717) is 36.3 Å². The van der Waals surface area contributed by atoms with Crippen molar-refractivity contribution in [1.82, 2.24) is 19.4 Å². The van der Waals surface area contributed by atoms with Gasteiger partial charge in [0.1, 0.15) is 23.2 Å². The number of hydrogen-bond acceptors (Lipinski definition) is 5. The van der Waals surface area contributed by atoms with Gasteiger partial charge in [-0.15, -0.1) is 0 Å². The molecular weight excluding hydrogens is 518 g/mol. The van der Waals surface area contributed by atoms with E-state index in [2.05, 4.69) is 52.6 Å². The average molecular weight is 565 g/mol. The number of ether oxygens (including phenoxy) is 1. The van der Waals surface area contributed by atoms with Gasteiger partial charge in [0.05, 0.1) is 12.8 Å². The highest BCUT2D eigenvalue weighted by Crippen LogP contribution is 2.37. The number of likely N-dealkylation sites (tertiary alicyclic amines) is 2. The molecule has 0 radical (unpaired) electrons. The van der Waals surface area contributed by atoms with Crippen LogP contribution < -0.4 is 4.74 Å². The van der Waals surface area contributed by atoms with Crippen LogP contribution in [0, 0.1) is 0 Å². The van der Waals surface area contributed by atoms with Crippen LogP contribution in [0.4, 0.5) is 8.78 Å². The fourth-order valence-corrected chi connectivity index (χ4v) is 6.14. The minimum absolute atomic E-state index is 0.0463. The van der Waals surface area contributed by atoms with Crippen LogP contribution in [0.25, 0.3) is 11.0 Å². The van der Waals surface area contributed by atoms with Gasteiger partial charge in [0, 0.05) is 57.0 Å². The number of carbonyl (C=O) groups is 1. The topological polar surface area (TPSA) is 59.8 Å². The lowest BCUT2D eigenvalue weighted by Gasteiger charge is -2.36. The number of aromatic nitrogens is 2. The molecule has 2 fully saturated rings. The molecule has 0 aliphatic carbocycles. The quantitative estimate of drug-likeness (QED) is 0.358. The first-order valence-electron chi connectivity index (χ1n) is 14.4. The van der Waals surface area contributed by atoms with E-state index in [-0.39, 0.29) is 43.0 Å². The summed E-state index contributed by atoms with van der Waals surface area (Å²) in [6, 6.07) is 4.31. The Morgan fingerprint density at radius 2 is 1.77 bits per heavy atom. The van der Waals surface area contributed by atoms with Crippen molar-refractivity contribution in [1.29, 1.82) is 0 Å². The van der Waals surface area contributed by atoms with Crippen molar-refractivity contribution in [3.8, 4) is 5.75 Å². The predicted octanol–water partition coefficient (Wildman–Crippen LogP) is 6.18. The highest BCUT2D eigenvalue weighted by Gasteiger charge is 2.38. The summed E-state index contributed by atoms with van der Waals surface area (Å²) in [5, 5.41) is 0.879. The monoisotopic (exact) mass is 564 g/mol. The Morgan fingerprint density at radius 1 is 1.13 bits per heavy atom. The smallest absolute Gasteiger partial charge is 0.270 e. The van der Waals surface area contributed by atoms with Gasteiger partial charge in [-0.05, 0) is 57.0 Å². The van der Waals surface area contributed by atoms with Crippen LogP contribution in [0.15, 0.2) is 18.3 Å². The van der Waals surface area contributed by atoms with Crippen molar-refractivity contribution in [3.63, 3.8) is 0 Å². The lowest BCUT2D eigenvalue weighted by atomic mass is 10.1. The molecule has 0 bridgehead atoms. The molecule has 218 valence electrons. The summed E-state index contributed by atoms with van der Waals surface area (Å²) in [6.07, 6.45) is 3.18. The lowest BCUT2D eigenvalue weighted by Crippen LogP contribution is -2.43. The molecule has 4 heterocycles. The first-order chi connectivity index (χ1) is 18.2. The minimum atomic E-state index is -2.71. The number of carbonyl (C=O) groups excluding carboxylic acids is 1. The molecule has 0 spiro atoms. The van der Waals surface area contributed by atoms with Crippen LogP contribution in [0.5, 0.6) is 5.75 Å². The standard InChI is InChI=1S/C29H46F2N4O3Si/c1-21(2)33-12-8-23(9-13-33)38-24-18-22-19-25(27(36)34-14-10-29(30,31)11-15-34)35(26(22)32-20-24)16-17-37-39(6,7)28(3,4)5/h18-21,23H,8-17H2,1-7H3. The minimum Gasteiger partial charge on any atom is -0.489 e. The number of hydrogen-bond donors (Lipinski definition) is 0. The van der Waals surface area contributed by atoms with Gasteiger partial charge in [-0.1, -0.05) is 20.8 Å². The van der Waals surface area contributed by atoms with Crippen LogP contribution in [0.3, 0.4) is 0 Å². The number of rotatable bonds is 8. The normalized spacial score (nSPS) is 19.7. The zero-order chi connectivity index (χ0) is 28.6. The maximum atomic E-state index is 13.8. The van der Waals surface area contributed by atoms with Gasteiger partial charge >= 0.3 is 0 Å². The molecule has 2 saturated heterocycles. The third-order valence-corrected chi connectivity index (χ3v) is 13.3. The van der Waals surface area contributed by atoms with Crippen molar-refractivity contribution in [2.24, 2.45) is 0 Å². The second kappa shape index (κ2) is 11.4. The van der Waals surface area contributed by atoms with Crippen molar-refractivity contribution in [3.05, 3.63) is 24.0 Å². The second-order valence-electron chi connectivity index (χ2n) is 13.0. The molecule has 39 heavy (non-hydrogen) atoms. The van der Waals surface area contributed by atoms with Crippen LogP contribution in [-0.4, -0.2) is 84.4 Å². The third-order valence-electron chi connectivity index (χ3n) is 8.80. The molecule has 2 aromatic heterocycles. The molecule has 0 N–H and O–H groups in total. The van der Waals surface area contributed by atoms with E-state index in [1.807, 2.05) is 16.7 Å². The van der Waals surface area contributed by atoms with E-state index in [4.69, 9.17) is 14.1 Å². The van der Waals surface area contributed by atoms with E-state index >= 15 is 0 Å². The maximum Gasteiger partial charge on any atom is 0.270 e. The molecule has 2 aliphatic rings. The number of alkyl halides is 2. The van der Waals surface area contributed by atoms with E-state index in [0.717, 1.165) is 31.3 Å². The van der Waals surface area contributed by atoms with Crippen LogP contribution in [-0.2, 0) is 11.0 Å². The van der Waals surface area contributed by atoms with Crippen LogP contribution >= 0.6 is 0 Å². The van der Waals surface area contributed by atoms with Crippen LogP contribution in [0.2, 0.25) is 18.1 Å². The molecule has 0 saturated carbocycles. The van der Waals surface area contributed by atoms with Crippen molar-refractivity contribution in [2.75, 3.05) is 32.8 Å². The number of fused-ring (bicyclic) bond motifs is 1. The van der Waals surface area contributed by atoms with E-state index in [1.165, 1.54) is 4.90 Å². The van der Waals surface area contributed by atoms with E-state index in [9.17, 15) is 13.6 Å². The number of nitrogens with zero attached hydrogens (tertiary/aromatic N) is 4.